The van der Waals surface area contributed by atoms with Gasteiger partial charge in [-0.2, -0.15) is 0 Å². The summed E-state index contributed by atoms with van der Waals surface area (Å²) in [5.74, 6) is -1.16. The highest BCUT2D eigenvalue weighted by Gasteiger charge is 2.12. The normalized spacial score (nSPS) is 12.4. The van der Waals surface area contributed by atoms with Gasteiger partial charge < -0.3 is 5.11 Å². The lowest BCUT2D eigenvalue weighted by atomic mass is 10.0. The van der Waals surface area contributed by atoms with Crippen molar-refractivity contribution in [2.75, 3.05) is 0 Å². The second-order valence-electron chi connectivity index (χ2n) is 3.24. The van der Waals surface area contributed by atoms with Crippen molar-refractivity contribution in [1.29, 1.82) is 0 Å². The van der Waals surface area contributed by atoms with E-state index >= 15 is 0 Å². The molecule has 1 unspecified atom stereocenters. The Bertz CT molecular complexity index is 346. The van der Waals surface area contributed by atoms with Crippen LogP contribution in [-0.2, 0) is 11.2 Å². The molecule has 1 rings (SSSR count). The molecule has 0 fully saturated rings. The lowest BCUT2D eigenvalue weighted by Crippen LogP contribution is -2.26. The average molecular weight is 323 g/mol. The van der Waals surface area contributed by atoms with Crippen LogP contribution in [0.15, 0.2) is 24.3 Å². The van der Waals surface area contributed by atoms with Gasteiger partial charge in [-0.3, -0.25) is 8.32 Å². The third-order valence-corrected chi connectivity index (χ3v) is 2.83. The first-order valence-electron chi connectivity index (χ1n) is 4.44. The highest BCUT2D eigenvalue weighted by Crippen LogP contribution is 2.09. The van der Waals surface area contributed by atoms with E-state index < -0.39 is 5.97 Å². The molecule has 0 aliphatic carbocycles. The highest BCUT2D eigenvalue weighted by molar-refractivity contribution is 14.1. The molecule has 0 aliphatic heterocycles. The van der Waals surface area contributed by atoms with Crippen molar-refractivity contribution in [2.45, 2.75) is 18.9 Å². The minimum Gasteiger partial charge on any atom is -0.481 e. The van der Waals surface area contributed by atoms with Gasteiger partial charge >= 0.3 is 5.97 Å². The summed E-state index contributed by atoms with van der Waals surface area (Å²) < 4.78 is 15.7. The molecule has 0 saturated heterocycles. The molecule has 3 nitrogen and oxygen atoms in total. The van der Waals surface area contributed by atoms with Crippen LogP contribution in [0.5, 0.6) is 0 Å². The van der Waals surface area contributed by atoms with Gasteiger partial charge in [0.05, 0.1) is 6.42 Å². The van der Waals surface area contributed by atoms with Gasteiger partial charge in [0, 0.05) is 28.9 Å². The van der Waals surface area contributed by atoms with E-state index in [1.165, 1.54) is 12.1 Å². The smallest absolute Gasteiger partial charge is 0.304 e. The van der Waals surface area contributed by atoms with Crippen molar-refractivity contribution in [3.63, 3.8) is 0 Å². The van der Waals surface area contributed by atoms with Crippen LogP contribution in [-0.4, -0.2) is 17.1 Å². The molecule has 0 bridgehead atoms. The maximum Gasteiger partial charge on any atom is 0.304 e. The fourth-order valence-corrected chi connectivity index (χ4v) is 1.75. The van der Waals surface area contributed by atoms with Crippen molar-refractivity contribution in [3.05, 3.63) is 35.6 Å². The standard InChI is InChI=1S/C10H11FINO2/c11-8-3-1-2-7(4-8)5-9(13-12)6-10(14)15/h1-4,9,13H,5-6H2,(H,14,15). The Labute approximate surface area is 101 Å². The number of halogens is 2. The molecule has 1 aromatic carbocycles. The van der Waals surface area contributed by atoms with Crippen molar-refractivity contribution in [3.8, 4) is 0 Å². The zero-order valence-corrected chi connectivity index (χ0v) is 10.1. The summed E-state index contributed by atoms with van der Waals surface area (Å²) in [7, 11) is 0. The zero-order valence-electron chi connectivity index (χ0n) is 7.91. The van der Waals surface area contributed by atoms with Crippen molar-refractivity contribution in [1.82, 2.24) is 3.53 Å². The molecule has 0 aliphatic rings. The second-order valence-corrected chi connectivity index (χ2v) is 3.86. The molecule has 0 saturated carbocycles. The largest absolute Gasteiger partial charge is 0.481 e. The minimum atomic E-state index is -0.861. The Morgan fingerprint density at radius 2 is 2.33 bits per heavy atom. The van der Waals surface area contributed by atoms with Crippen LogP contribution in [0.4, 0.5) is 4.39 Å². The summed E-state index contributed by atoms with van der Waals surface area (Å²) in [6, 6.07) is 6.02. The average Bonchev–Trinajstić information content (AvgIpc) is 2.16. The SMILES string of the molecule is O=C(O)CC(Cc1cccc(F)c1)NI. The van der Waals surface area contributed by atoms with Crippen LogP contribution in [0, 0.1) is 5.82 Å². The van der Waals surface area contributed by atoms with Crippen LogP contribution in [0.3, 0.4) is 0 Å². The lowest BCUT2D eigenvalue weighted by Gasteiger charge is -2.12. The van der Waals surface area contributed by atoms with E-state index in [-0.39, 0.29) is 18.3 Å². The molecule has 0 spiro atoms. The van der Waals surface area contributed by atoms with Gasteiger partial charge in [0.15, 0.2) is 0 Å². The van der Waals surface area contributed by atoms with Crippen molar-refractivity contribution < 1.29 is 14.3 Å². The number of aliphatic carboxylic acids is 1. The summed E-state index contributed by atoms with van der Waals surface area (Å²) in [5.41, 5.74) is 0.797. The molecular formula is C10H11FINO2. The molecule has 0 aromatic heterocycles. The van der Waals surface area contributed by atoms with E-state index in [1.54, 1.807) is 12.1 Å². The van der Waals surface area contributed by atoms with Crippen molar-refractivity contribution >= 4 is 28.8 Å². The van der Waals surface area contributed by atoms with Crippen LogP contribution in [0.25, 0.3) is 0 Å². The number of carboxylic acid groups (broad SMARTS) is 1. The predicted molar refractivity (Wildman–Crippen MR) is 63.3 cm³/mol. The van der Waals surface area contributed by atoms with Gasteiger partial charge in [-0.05, 0) is 24.1 Å². The Morgan fingerprint density at radius 1 is 1.60 bits per heavy atom. The summed E-state index contributed by atoms with van der Waals surface area (Å²) in [6.07, 6.45) is 0.534. The van der Waals surface area contributed by atoms with Gasteiger partial charge in [-0.15, -0.1) is 0 Å². The third-order valence-electron chi connectivity index (χ3n) is 1.95. The summed E-state index contributed by atoms with van der Waals surface area (Å²) in [6.45, 7) is 0. The molecule has 1 aromatic rings. The van der Waals surface area contributed by atoms with Gasteiger partial charge in [0.1, 0.15) is 5.82 Å². The van der Waals surface area contributed by atoms with E-state index in [9.17, 15) is 9.18 Å². The third kappa shape index (κ3) is 4.57. The quantitative estimate of drug-likeness (QED) is 0.645. The topological polar surface area (TPSA) is 49.3 Å². The van der Waals surface area contributed by atoms with E-state index in [0.717, 1.165) is 5.56 Å². The molecule has 0 heterocycles. The first-order valence-corrected chi connectivity index (χ1v) is 5.52. The van der Waals surface area contributed by atoms with E-state index in [2.05, 4.69) is 3.53 Å². The van der Waals surface area contributed by atoms with Crippen LogP contribution in [0.1, 0.15) is 12.0 Å². The molecule has 82 valence electrons. The number of hydrogen-bond acceptors (Lipinski definition) is 2. The Hall–Kier alpha value is -0.690. The Kier molecular flexibility index (Phi) is 4.97. The van der Waals surface area contributed by atoms with Gasteiger partial charge in [-0.1, -0.05) is 12.1 Å². The first-order chi connectivity index (χ1) is 7.11. The number of benzene rings is 1. The summed E-state index contributed by atoms with van der Waals surface area (Å²) in [4.78, 5) is 10.5. The van der Waals surface area contributed by atoms with Crippen LogP contribution >= 0.6 is 22.9 Å². The number of hydrogen-bond donors (Lipinski definition) is 2. The highest BCUT2D eigenvalue weighted by atomic mass is 127. The molecule has 2 N–H and O–H groups in total. The van der Waals surface area contributed by atoms with E-state index in [0.29, 0.717) is 6.42 Å². The number of rotatable bonds is 5. The molecule has 0 radical (unpaired) electrons. The van der Waals surface area contributed by atoms with Gasteiger partial charge in [0.2, 0.25) is 0 Å². The summed E-state index contributed by atoms with van der Waals surface area (Å²) in [5, 5.41) is 8.63. The number of carboxylic acids is 1. The van der Waals surface area contributed by atoms with E-state index in [1.807, 2.05) is 22.9 Å². The Morgan fingerprint density at radius 3 is 2.87 bits per heavy atom. The molecule has 0 amide bonds. The van der Waals surface area contributed by atoms with Crippen LogP contribution < -0.4 is 3.53 Å². The summed E-state index contributed by atoms with van der Waals surface area (Å²) >= 11 is 1.91. The fourth-order valence-electron chi connectivity index (χ4n) is 1.31. The number of carbonyl (C=O) groups is 1. The minimum absolute atomic E-state index is 0.0272. The van der Waals surface area contributed by atoms with Gasteiger partial charge in [-0.25, -0.2) is 4.39 Å². The van der Waals surface area contributed by atoms with E-state index in [4.69, 9.17) is 5.11 Å². The van der Waals surface area contributed by atoms with Gasteiger partial charge in [0.25, 0.3) is 0 Å². The van der Waals surface area contributed by atoms with Crippen molar-refractivity contribution in [2.24, 2.45) is 0 Å². The molecule has 1 atom stereocenters. The lowest BCUT2D eigenvalue weighted by molar-refractivity contribution is -0.137. The fraction of sp³-hybridized carbons (Fsp3) is 0.300. The maximum absolute atomic E-state index is 12.8. The molecule has 15 heavy (non-hydrogen) atoms. The predicted octanol–water partition coefficient (Wildman–Crippen LogP) is 2.15. The zero-order chi connectivity index (χ0) is 11.3. The first kappa shape index (κ1) is 12.4. The van der Waals surface area contributed by atoms with Crippen LogP contribution in [0.2, 0.25) is 0 Å². The Balaban J connectivity index is 2.62. The monoisotopic (exact) mass is 323 g/mol. The number of nitrogens with one attached hydrogen (secondary N) is 1. The maximum atomic E-state index is 12.8. The second kappa shape index (κ2) is 6.02. The molecule has 5 heteroatoms. The molecular weight excluding hydrogens is 312 g/mol.